The molecule has 3 rings (SSSR count). The van der Waals surface area contributed by atoms with Crippen LogP contribution in [0.15, 0.2) is 53.4 Å². The molecule has 2 aromatic rings. The Bertz CT molecular complexity index is 1260. The van der Waals surface area contributed by atoms with E-state index < -0.39 is 64.0 Å². The number of hydrogen-bond donors (Lipinski definition) is 2. The van der Waals surface area contributed by atoms with Crippen LogP contribution < -0.4 is 10.6 Å². The van der Waals surface area contributed by atoms with Crippen LogP contribution in [0.5, 0.6) is 0 Å². The van der Waals surface area contributed by atoms with Gasteiger partial charge in [0.25, 0.3) is 0 Å². The van der Waals surface area contributed by atoms with Crippen molar-refractivity contribution >= 4 is 21.5 Å². The fourth-order valence-electron chi connectivity index (χ4n) is 4.17. The highest BCUT2D eigenvalue weighted by Crippen LogP contribution is 2.35. The lowest BCUT2D eigenvalue weighted by atomic mass is 9.96. The molecule has 0 radical (unpaired) electrons. The minimum atomic E-state index is -4.84. The first-order valence-electron chi connectivity index (χ1n) is 11.8. The Hall–Kier alpha value is -2.83. The van der Waals surface area contributed by atoms with Gasteiger partial charge < -0.3 is 10.1 Å². The summed E-state index contributed by atoms with van der Waals surface area (Å²) in [6, 6.07) is 6.29. The van der Waals surface area contributed by atoms with Gasteiger partial charge in [-0.15, -0.1) is 0 Å². The van der Waals surface area contributed by atoms with Gasteiger partial charge in [0.2, 0.25) is 5.91 Å². The summed E-state index contributed by atoms with van der Waals surface area (Å²) in [7, 11) is -3.40. The first-order chi connectivity index (χ1) is 17.5. The van der Waals surface area contributed by atoms with Gasteiger partial charge in [-0.1, -0.05) is 36.4 Å². The summed E-state index contributed by atoms with van der Waals surface area (Å²) in [5, 5.41) is 4.66. The van der Waals surface area contributed by atoms with Gasteiger partial charge in [-0.2, -0.15) is 13.2 Å². The van der Waals surface area contributed by atoms with Crippen LogP contribution in [0.3, 0.4) is 0 Å². The van der Waals surface area contributed by atoms with Crippen LogP contribution in [0, 0.1) is 0 Å². The van der Waals surface area contributed by atoms with E-state index in [0.29, 0.717) is 11.1 Å². The van der Waals surface area contributed by atoms with E-state index in [9.17, 15) is 35.6 Å². The van der Waals surface area contributed by atoms with Gasteiger partial charge in [0.1, 0.15) is 24.4 Å². The van der Waals surface area contributed by atoms with E-state index in [1.807, 2.05) is 0 Å². The number of hydrogen-bond acceptors (Lipinski definition) is 6. The summed E-state index contributed by atoms with van der Waals surface area (Å²) in [6.45, 7) is 3.61. The molecule has 1 aliphatic heterocycles. The summed E-state index contributed by atoms with van der Waals surface area (Å²) >= 11 is 0. The molecule has 1 amide bonds. The van der Waals surface area contributed by atoms with Crippen molar-refractivity contribution in [2.45, 2.75) is 68.2 Å². The zero-order chi connectivity index (χ0) is 28.5. The number of sulfone groups is 1. The number of ketones is 1. The molecule has 0 aliphatic carbocycles. The highest BCUT2D eigenvalue weighted by Gasteiger charge is 2.44. The quantitative estimate of drug-likeness (QED) is 0.453. The van der Waals surface area contributed by atoms with E-state index in [4.69, 9.17) is 4.74 Å². The number of ether oxygens (including phenoxy) is 1. The van der Waals surface area contributed by atoms with Crippen LogP contribution in [-0.2, 0) is 24.2 Å². The Labute approximate surface area is 218 Å². The number of amides is 1. The molecule has 2 aromatic carbocycles. The van der Waals surface area contributed by atoms with Crippen LogP contribution >= 0.6 is 0 Å². The van der Waals surface area contributed by atoms with Crippen molar-refractivity contribution in [3.63, 3.8) is 0 Å². The van der Waals surface area contributed by atoms with Gasteiger partial charge in [0.05, 0.1) is 17.0 Å². The van der Waals surface area contributed by atoms with Crippen molar-refractivity contribution in [1.29, 1.82) is 0 Å². The molecule has 7 nitrogen and oxygen atoms in total. The van der Waals surface area contributed by atoms with Gasteiger partial charge >= 0.3 is 6.18 Å². The number of carbonyl (C=O) groups excluding carboxylic acids is 2. The minimum absolute atomic E-state index is 0.111. The number of halogens is 4. The fourth-order valence-corrected chi connectivity index (χ4v) is 4.80. The number of carbonyl (C=O) groups is 2. The molecular weight excluding hydrogens is 528 g/mol. The first-order valence-corrected chi connectivity index (χ1v) is 13.7. The predicted molar refractivity (Wildman–Crippen MR) is 133 cm³/mol. The normalized spacial score (nSPS) is 20.3. The molecule has 4 atom stereocenters. The van der Waals surface area contributed by atoms with Crippen molar-refractivity contribution in [2.24, 2.45) is 0 Å². The Morgan fingerprint density at radius 3 is 1.97 bits per heavy atom. The zero-order valence-corrected chi connectivity index (χ0v) is 22.1. The summed E-state index contributed by atoms with van der Waals surface area (Å²) in [4.78, 5) is 25.1. The zero-order valence-electron chi connectivity index (χ0n) is 21.3. The fraction of sp³-hybridized carbons (Fsp3) is 0.462. The maximum Gasteiger partial charge on any atom is 0.407 e. The first kappa shape index (κ1) is 29.7. The average molecular weight is 559 g/mol. The standard InChI is InChI=1S/C26H30F4N2O5S/c1-15-22(21(33)14-37-15)32-24(34)20(13-25(2,3)27)31-23(26(28,29)30)18-7-5-16(6-8-18)17-9-11-19(12-10-17)38(4,35)36/h5-12,15,20,22-23,31H,13-14H2,1-4H3,(H,32,34)/t15-,20+,22?,23+/m1/s1. The van der Waals surface area contributed by atoms with E-state index in [2.05, 4.69) is 10.6 Å². The summed E-state index contributed by atoms with van der Waals surface area (Å²) in [5.41, 5.74) is -1.07. The van der Waals surface area contributed by atoms with Crippen molar-refractivity contribution in [2.75, 3.05) is 12.9 Å². The number of Topliss-reactive ketones (excluding diaryl/α,β-unsaturated/α-hetero) is 1. The highest BCUT2D eigenvalue weighted by molar-refractivity contribution is 7.90. The van der Waals surface area contributed by atoms with Gasteiger partial charge in [0.15, 0.2) is 15.6 Å². The summed E-state index contributed by atoms with van der Waals surface area (Å²) < 4.78 is 85.5. The monoisotopic (exact) mass is 558 g/mol. The summed E-state index contributed by atoms with van der Waals surface area (Å²) in [5.74, 6) is -1.36. The Kier molecular flexibility index (Phi) is 8.69. The predicted octanol–water partition coefficient (Wildman–Crippen LogP) is 3.93. The molecule has 1 fully saturated rings. The molecule has 12 heteroatoms. The average Bonchev–Trinajstić information content (AvgIpc) is 3.12. The third-order valence-corrected chi connectivity index (χ3v) is 7.29. The van der Waals surface area contributed by atoms with E-state index in [1.165, 1.54) is 36.4 Å². The minimum Gasteiger partial charge on any atom is -0.368 e. The molecule has 1 heterocycles. The third-order valence-electron chi connectivity index (χ3n) is 6.16. The third kappa shape index (κ3) is 7.61. The van der Waals surface area contributed by atoms with Crippen LogP contribution in [0.25, 0.3) is 11.1 Å². The topological polar surface area (TPSA) is 102 Å². The largest absolute Gasteiger partial charge is 0.407 e. The van der Waals surface area contributed by atoms with Gasteiger partial charge in [-0.25, -0.2) is 12.8 Å². The number of rotatable bonds is 9. The lowest BCUT2D eigenvalue weighted by Crippen LogP contribution is -2.55. The Balaban J connectivity index is 1.86. The molecule has 38 heavy (non-hydrogen) atoms. The second kappa shape index (κ2) is 11.1. The maximum atomic E-state index is 14.5. The van der Waals surface area contributed by atoms with Crippen LogP contribution in [0.1, 0.15) is 38.8 Å². The van der Waals surface area contributed by atoms with Crippen LogP contribution in [0.2, 0.25) is 0 Å². The van der Waals surface area contributed by atoms with Crippen molar-refractivity contribution < 1.29 is 40.3 Å². The molecule has 0 aromatic heterocycles. The van der Waals surface area contributed by atoms with Gasteiger partial charge in [-0.3, -0.25) is 14.9 Å². The number of nitrogens with one attached hydrogen (secondary N) is 2. The second-order valence-corrected chi connectivity index (χ2v) is 12.0. The van der Waals surface area contributed by atoms with Gasteiger partial charge in [0, 0.05) is 12.7 Å². The van der Waals surface area contributed by atoms with Crippen molar-refractivity contribution in [3.8, 4) is 11.1 Å². The Morgan fingerprint density at radius 2 is 1.55 bits per heavy atom. The molecule has 208 valence electrons. The van der Waals surface area contributed by atoms with Crippen molar-refractivity contribution in [3.05, 3.63) is 54.1 Å². The van der Waals surface area contributed by atoms with E-state index >= 15 is 0 Å². The van der Waals surface area contributed by atoms with E-state index in [1.54, 1.807) is 19.1 Å². The lowest BCUT2D eigenvalue weighted by molar-refractivity contribution is -0.161. The number of alkyl halides is 4. The molecule has 1 unspecified atom stereocenters. The highest BCUT2D eigenvalue weighted by atomic mass is 32.2. The second-order valence-electron chi connectivity index (χ2n) is 10.0. The van der Waals surface area contributed by atoms with E-state index in [0.717, 1.165) is 20.1 Å². The van der Waals surface area contributed by atoms with Gasteiger partial charge in [-0.05, 0) is 49.6 Å². The SMILES string of the molecule is C[C@H]1OCC(=O)C1NC(=O)[C@H](CC(C)(C)F)N[C@@H](c1ccc(-c2ccc(S(C)(=O)=O)cc2)cc1)C(F)(F)F. The molecule has 0 spiro atoms. The number of benzene rings is 2. The summed E-state index contributed by atoms with van der Waals surface area (Å²) in [6.07, 6.45) is -5.01. The van der Waals surface area contributed by atoms with Crippen LogP contribution in [0.4, 0.5) is 17.6 Å². The van der Waals surface area contributed by atoms with Crippen molar-refractivity contribution in [1.82, 2.24) is 10.6 Å². The lowest BCUT2D eigenvalue weighted by Gasteiger charge is -2.30. The molecule has 1 aliphatic rings. The van der Waals surface area contributed by atoms with Crippen LogP contribution in [-0.4, -0.2) is 63.0 Å². The maximum absolute atomic E-state index is 14.5. The smallest absolute Gasteiger partial charge is 0.368 e. The molecule has 0 saturated carbocycles. The molecular formula is C26H30F4N2O5S. The molecule has 2 N–H and O–H groups in total. The molecule has 1 saturated heterocycles. The Morgan fingerprint density at radius 1 is 1.03 bits per heavy atom. The molecule has 0 bridgehead atoms. The van der Waals surface area contributed by atoms with E-state index in [-0.39, 0.29) is 17.1 Å².